The van der Waals surface area contributed by atoms with Crippen LogP contribution in [0.25, 0.3) is 0 Å². The van der Waals surface area contributed by atoms with Crippen LogP contribution in [0.5, 0.6) is 0 Å². The van der Waals surface area contributed by atoms with Gasteiger partial charge >= 0.3 is 5.97 Å². The lowest BCUT2D eigenvalue weighted by Gasteiger charge is -2.20. The molecule has 2 heterocycles. The Bertz CT molecular complexity index is 552. The summed E-state index contributed by atoms with van der Waals surface area (Å²) in [6.07, 6.45) is 2.88. The van der Waals surface area contributed by atoms with Gasteiger partial charge in [-0.25, -0.2) is 0 Å². The maximum absolute atomic E-state index is 12.4. The van der Waals surface area contributed by atoms with Gasteiger partial charge in [-0.1, -0.05) is 18.2 Å². The van der Waals surface area contributed by atoms with Gasteiger partial charge in [0.05, 0.1) is 0 Å². The number of aliphatic carboxylic acids is 1. The number of para-hydroxylation sites is 1. The maximum atomic E-state index is 12.4. The molecule has 1 atom stereocenters. The van der Waals surface area contributed by atoms with Crippen LogP contribution >= 0.6 is 0 Å². The fraction of sp³-hybridized carbons (Fsp3) is 0.500. The number of rotatable bonds is 4. The number of benzene rings is 1. The zero-order chi connectivity index (χ0) is 14.8. The second kappa shape index (κ2) is 5.85. The molecule has 0 aromatic heterocycles. The minimum atomic E-state index is -0.864. The largest absolute Gasteiger partial charge is 0.481 e. The van der Waals surface area contributed by atoms with Gasteiger partial charge in [0.2, 0.25) is 5.91 Å². The second-order valence-electron chi connectivity index (χ2n) is 5.75. The van der Waals surface area contributed by atoms with E-state index in [4.69, 9.17) is 0 Å². The number of carbonyl (C=O) groups excluding carboxylic acids is 1. The van der Waals surface area contributed by atoms with Crippen molar-refractivity contribution in [2.24, 2.45) is 0 Å². The summed E-state index contributed by atoms with van der Waals surface area (Å²) < 4.78 is 0. The van der Waals surface area contributed by atoms with Crippen LogP contribution in [0, 0.1) is 0 Å². The molecule has 1 saturated heterocycles. The summed E-state index contributed by atoms with van der Waals surface area (Å²) in [5.74, 6) is -1.44. The van der Waals surface area contributed by atoms with E-state index in [0.717, 1.165) is 30.9 Å². The van der Waals surface area contributed by atoms with Gasteiger partial charge in [0.1, 0.15) is 5.92 Å². The van der Waals surface area contributed by atoms with Crippen molar-refractivity contribution in [1.29, 1.82) is 0 Å². The van der Waals surface area contributed by atoms with Crippen molar-refractivity contribution in [3.8, 4) is 0 Å². The zero-order valence-electron chi connectivity index (χ0n) is 12.0. The van der Waals surface area contributed by atoms with Crippen molar-refractivity contribution in [2.45, 2.75) is 25.2 Å². The van der Waals surface area contributed by atoms with Crippen LogP contribution in [-0.4, -0.2) is 48.1 Å². The van der Waals surface area contributed by atoms with E-state index in [1.54, 1.807) is 4.90 Å². The average molecular weight is 288 g/mol. The first-order valence-corrected chi connectivity index (χ1v) is 7.51. The number of nitrogens with zero attached hydrogens (tertiary/aromatic N) is 2. The van der Waals surface area contributed by atoms with E-state index in [-0.39, 0.29) is 12.5 Å². The highest BCUT2D eigenvalue weighted by molar-refractivity contribution is 5.99. The van der Waals surface area contributed by atoms with E-state index in [9.17, 15) is 14.7 Å². The molecular weight excluding hydrogens is 268 g/mol. The highest BCUT2D eigenvalue weighted by atomic mass is 16.4. The molecule has 0 saturated carbocycles. The van der Waals surface area contributed by atoms with Gasteiger partial charge in [-0.2, -0.15) is 0 Å². The van der Waals surface area contributed by atoms with Gasteiger partial charge < -0.3 is 14.9 Å². The first-order valence-electron chi connectivity index (χ1n) is 7.51. The van der Waals surface area contributed by atoms with Crippen LogP contribution in [-0.2, 0) is 9.59 Å². The Morgan fingerprint density at radius 2 is 1.90 bits per heavy atom. The van der Waals surface area contributed by atoms with E-state index in [1.165, 1.54) is 12.8 Å². The smallest absolute Gasteiger partial charge is 0.312 e. The number of amides is 1. The number of likely N-dealkylation sites (tertiary alicyclic amines) is 1. The predicted molar refractivity (Wildman–Crippen MR) is 79.5 cm³/mol. The monoisotopic (exact) mass is 288 g/mol. The molecule has 3 rings (SSSR count). The molecule has 0 spiro atoms. The van der Waals surface area contributed by atoms with Crippen LogP contribution < -0.4 is 4.90 Å². The molecule has 5 nitrogen and oxygen atoms in total. The molecule has 1 fully saturated rings. The summed E-state index contributed by atoms with van der Waals surface area (Å²) in [5, 5.41) is 9.32. The van der Waals surface area contributed by atoms with Crippen molar-refractivity contribution in [3.63, 3.8) is 0 Å². The molecule has 1 amide bonds. The minimum Gasteiger partial charge on any atom is -0.481 e. The van der Waals surface area contributed by atoms with Crippen LogP contribution in [0.2, 0.25) is 0 Å². The number of hydrogen-bond acceptors (Lipinski definition) is 3. The number of carboxylic acid groups (broad SMARTS) is 1. The molecule has 2 aliphatic rings. The van der Waals surface area contributed by atoms with Crippen molar-refractivity contribution >= 4 is 17.6 Å². The zero-order valence-corrected chi connectivity index (χ0v) is 12.0. The summed E-state index contributed by atoms with van der Waals surface area (Å²) in [6, 6.07) is 7.32. The summed E-state index contributed by atoms with van der Waals surface area (Å²) in [6.45, 7) is 3.17. The quantitative estimate of drug-likeness (QED) is 0.916. The highest BCUT2D eigenvalue weighted by Gasteiger charge is 2.36. The number of carbonyl (C=O) groups is 2. The number of carboxylic acids is 1. The lowest BCUT2D eigenvalue weighted by Crippen LogP contribution is -2.34. The Hall–Kier alpha value is -1.88. The molecule has 0 bridgehead atoms. The molecule has 0 aliphatic carbocycles. The SMILES string of the molecule is O=C(O)C1CN(C(=O)CCN2CCCC2)c2ccccc21. The summed E-state index contributed by atoms with van der Waals surface area (Å²) in [5.41, 5.74) is 1.51. The number of hydrogen-bond donors (Lipinski definition) is 1. The lowest BCUT2D eigenvalue weighted by molar-refractivity contribution is -0.138. The fourth-order valence-electron chi connectivity index (χ4n) is 3.25. The van der Waals surface area contributed by atoms with E-state index in [1.807, 2.05) is 24.3 Å². The molecule has 5 heteroatoms. The van der Waals surface area contributed by atoms with Gasteiger partial charge in [0.25, 0.3) is 0 Å². The van der Waals surface area contributed by atoms with Gasteiger partial charge in [0.15, 0.2) is 0 Å². The van der Waals surface area contributed by atoms with E-state index in [2.05, 4.69) is 4.90 Å². The summed E-state index contributed by atoms with van der Waals surface area (Å²) in [4.78, 5) is 27.7. The Balaban J connectivity index is 1.70. The predicted octanol–water partition coefficient (Wildman–Crippen LogP) is 1.69. The normalized spacial score (nSPS) is 21.5. The molecular formula is C16H20N2O3. The molecule has 1 N–H and O–H groups in total. The van der Waals surface area contributed by atoms with Crippen molar-refractivity contribution < 1.29 is 14.7 Å². The minimum absolute atomic E-state index is 0.0260. The fourth-order valence-corrected chi connectivity index (χ4v) is 3.25. The number of anilines is 1. The Morgan fingerprint density at radius 1 is 1.19 bits per heavy atom. The van der Waals surface area contributed by atoms with Crippen molar-refractivity contribution in [2.75, 3.05) is 31.1 Å². The van der Waals surface area contributed by atoms with Gasteiger partial charge in [-0.05, 0) is 37.6 Å². The third-order valence-electron chi connectivity index (χ3n) is 4.41. The van der Waals surface area contributed by atoms with E-state index < -0.39 is 11.9 Å². The Labute approximate surface area is 124 Å². The highest BCUT2D eigenvalue weighted by Crippen LogP contribution is 2.36. The first-order chi connectivity index (χ1) is 10.2. The van der Waals surface area contributed by atoms with E-state index in [0.29, 0.717) is 6.42 Å². The molecule has 112 valence electrons. The van der Waals surface area contributed by atoms with Crippen molar-refractivity contribution in [3.05, 3.63) is 29.8 Å². The first kappa shape index (κ1) is 14.1. The van der Waals surface area contributed by atoms with E-state index >= 15 is 0 Å². The summed E-state index contributed by atoms with van der Waals surface area (Å²) >= 11 is 0. The molecule has 1 aromatic carbocycles. The third-order valence-corrected chi connectivity index (χ3v) is 4.41. The molecule has 2 aliphatic heterocycles. The average Bonchev–Trinajstić information content (AvgIpc) is 3.12. The van der Waals surface area contributed by atoms with Gasteiger partial charge in [-0.3, -0.25) is 9.59 Å². The van der Waals surface area contributed by atoms with Gasteiger partial charge in [-0.15, -0.1) is 0 Å². The standard InChI is InChI=1S/C16H20N2O3/c19-15(7-10-17-8-3-4-9-17)18-11-13(16(20)21)12-5-1-2-6-14(12)18/h1-2,5-6,13H,3-4,7-11H2,(H,20,21). The van der Waals surface area contributed by atoms with Crippen LogP contribution in [0.1, 0.15) is 30.7 Å². The Kier molecular flexibility index (Phi) is 3.92. The van der Waals surface area contributed by atoms with Crippen LogP contribution in [0.4, 0.5) is 5.69 Å². The Morgan fingerprint density at radius 3 is 2.62 bits per heavy atom. The maximum Gasteiger partial charge on any atom is 0.312 e. The second-order valence-corrected chi connectivity index (χ2v) is 5.75. The van der Waals surface area contributed by atoms with Crippen LogP contribution in [0.15, 0.2) is 24.3 Å². The molecule has 1 unspecified atom stereocenters. The van der Waals surface area contributed by atoms with Gasteiger partial charge in [0, 0.05) is 25.2 Å². The topological polar surface area (TPSA) is 60.9 Å². The molecule has 21 heavy (non-hydrogen) atoms. The number of fused-ring (bicyclic) bond motifs is 1. The molecule has 1 aromatic rings. The van der Waals surface area contributed by atoms with Crippen molar-refractivity contribution in [1.82, 2.24) is 4.90 Å². The third kappa shape index (κ3) is 2.78. The summed E-state index contributed by atoms with van der Waals surface area (Å²) in [7, 11) is 0. The lowest BCUT2D eigenvalue weighted by atomic mass is 10.0. The van der Waals surface area contributed by atoms with Crippen LogP contribution in [0.3, 0.4) is 0 Å². The molecule has 0 radical (unpaired) electrons.